The summed E-state index contributed by atoms with van der Waals surface area (Å²) in [5, 5.41) is 18.7. The number of amides is 1. The molecule has 1 amide bonds. The van der Waals surface area contributed by atoms with Crippen molar-refractivity contribution in [1.82, 2.24) is 9.47 Å². The van der Waals surface area contributed by atoms with Crippen LogP contribution in [0, 0.1) is 0 Å². The number of carbonyl (C=O) groups excluding carboxylic acids is 1. The molecule has 18 heavy (non-hydrogen) atoms. The minimum Gasteiger partial charge on any atom is -0.388 e. The van der Waals surface area contributed by atoms with Gasteiger partial charge < -0.3 is 19.7 Å². The first-order valence-corrected chi connectivity index (χ1v) is 6.26. The second-order valence-electron chi connectivity index (χ2n) is 4.25. The highest BCUT2D eigenvalue weighted by atomic mass is 79.9. The van der Waals surface area contributed by atoms with Crippen LogP contribution in [0.3, 0.4) is 0 Å². The molecule has 98 valence electrons. The lowest BCUT2D eigenvalue weighted by atomic mass is 10.3. The molecule has 2 N–H and O–H groups in total. The summed E-state index contributed by atoms with van der Waals surface area (Å²) in [6, 6.07) is 2.97. The van der Waals surface area contributed by atoms with Gasteiger partial charge in [0, 0.05) is 29.8 Å². The molecular weight excluding hydrogens is 304 g/mol. The zero-order chi connectivity index (χ0) is 13.3. The molecule has 1 aromatic rings. The Morgan fingerprint density at radius 1 is 1.33 bits per heavy atom. The molecule has 7 heteroatoms. The van der Waals surface area contributed by atoms with Crippen LogP contribution in [0.15, 0.2) is 27.6 Å². The summed E-state index contributed by atoms with van der Waals surface area (Å²) in [4.78, 5) is 24.8. The van der Waals surface area contributed by atoms with Gasteiger partial charge >= 0.3 is 0 Å². The summed E-state index contributed by atoms with van der Waals surface area (Å²) >= 11 is 3.22. The minimum absolute atomic E-state index is 0.0995. The fraction of sp³-hybridized carbons (Fsp3) is 0.455. The summed E-state index contributed by atoms with van der Waals surface area (Å²) in [6.45, 7) is 0.100. The third-order valence-electron chi connectivity index (χ3n) is 2.86. The van der Waals surface area contributed by atoms with Crippen LogP contribution in [-0.2, 0) is 11.3 Å². The van der Waals surface area contributed by atoms with E-state index in [0.717, 1.165) is 0 Å². The van der Waals surface area contributed by atoms with Crippen LogP contribution < -0.4 is 5.56 Å². The molecule has 0 unspecified atom stereocenters. The molecule has 0 saturated carbocycles. The highest BCUT2D eigenvalue weighted by molar-refractivity contribution is 9.10. The first-order chi connectivity index (χ1) is 8.47. The number of aromatic nitrogens is 1. The fourth-order valence-electron chi connectivity index (χ4n) is 1.84. The Labute approximate surface area is 112 Å². The lowest BCUT2D eigenvalue weighted by Crippen LogP contribution is -2.35. The monoisotopic (exact) mass is 316 g/mol. The van der Waals surface area contributed by atoms with Crippen molar-refractivity contribution in [3.63, 3.8) is 0 Å². The van der Waals surface area contributed by atoms with E-state index in [1.54, 1.807) is 6.07 Å². The Kier molecular flexibility index (Phi) is 3.84. The van der Waals surface area contributed by atoms with Gasteiger partial charge in [0.25, 0.3) is 5.56 Å². The van der Waals surface area contributed by atoms with Crippen LogP contribution in [0.2, 0.25) is 0 Å². The number of β-amino-alcohol motifs (C(OH)–C–C–N with tert-alkyl or cyclic N) is 2. The molecule has 2 heterocycles. The number of hydrogen-bond acceptors (Lipinski definition) is 4. The molecular formula is C11H13BrN2O4. The number of aliphatic hydroxyl groups excluding tert-OH is 2. The number of nitrogens with zero attached hydrogens (tertiary/aromatic N) is 2. The summed E-state index contributed by atoms with van der Waals surface area (Å²) < 4.78 is 1.99. The third kappa shape index (κ3) is 2.80. The topological polar surface area (TPSA) is 82.8 Å². The first kappa shape index (κ1) is 13.3. The minimum atomic E-state index is -0.909. The zero-order valence-electron chi connectivity index (χ0n) is 9.49. The maximum Gasteiger partial charge on any atom is 0.251 e. The van der Waals surface area contributed by atoms with Gasteiger partial charge in [-0.3, -0.25) is 9.59 Å². The van der Waals surface area contributed by atoms with Gasteiger partial charge in [0.1, 0.15) is 6.54 Å². The van der Waals surface area contributed by atoms with Crippen molar-refractivity contribution in [3.05, 3.63) is 33.2 Å². The number of likely N-dealkylation sites (tertiary alicyclic amines) is 1. The van der Waals surface area contributed by atoms with Crippen molar-refractivity contribution in [2.24, 2.45) is 0 Å². The number of aliphatic hydroxyl groups is 2. The highest BCUT2D eigenvalue weighted by Gasteiger charge is 2.32. The maximum absolute atomic E-state index is 11.9. The van der Waals surface area contributed by atoms with Crippen LogP contribution in [-0.4, -0.2) is 50.9 Å². The molecule has 2 atom stereocenters. The molecule has 1 saturated heterocycles. The van der Waals surface area contributed by atoms with Crippen molar-refractivity contribution in [2.45, 2.75) is 18.8 Å². The van der Waals surface area contributed by atoms with Crippen molar-refractivity contribution >= 4 is 21.8 Å². The van der Waals surface area contributed by atoms with Crippen LogP contribution in [0.25, 0.3) is 0 Å². The predicted molar refractivity (Wildman–Crippen MR) is 67.0 cm³/mol. The quantitative estimate of drug-likeness (QED) is 0.746. The zero-order valence-corrected chi connectivity index (χ0v) is 11.1. The summed E-state index contributed by atoms with van der Waals surface area (Å²) in [5.74, 6) is -0.300. The molecule has 0 bridgehead atoms. The van der Waals surface area contributed by atoms with E-state index in [4.69, 9.17) is 0 Å². The van der Waals surface area contributed by atoms with E-state index in [1.807, 2.05) is 0 Å². The van der Waals surface area contributed by atoms with Gasteiger partial charge in [0.15, 0.2) is 0 Å². The van der Waals surface area contributed by atoms with Crippen molar-refractivity contribution in [3.8, 4) is 0 Å². The van der Waals surface area contributed by atoms with Gasteiger partial charge in [-0.15, -0.1) is 0 Å². The molecule has 0 radical (unpaired) electrons. The maximum atomic E-state index is 11.9. The van der Waals surface area contributed by atoms with Gasteiger partial charge in [-0.2, -0.15) is 0 Å². The van der Waals surface area contributed by atoms with Crippen molar-refractivity contribution < 1.29 is 15.0 Å². The van der Waals surface area contributed by atoms with Gasteiger partial charge in [0.2, 0.25) is 5.91 Å². The number of halogens is 1. The van der Waals surface area contributed by atoms with Crippen LogP contribution >= 0.6 is 15.9 Å². The van der Waals surface area contributed by atoms with Crippen molar-refractivity contribution in [2.75, 3.05) is 13.1 Å². The Morgan fingerprint density at radius 2 is 1.94 bits per heavy atom. The lowest BCUT2D eigenvalue weighted by molar-refractivity contribution is -0.131. The fourth-order valence-corrected chi connectivity index (χ4v) is 2.22. The molecule has 2 rings (SSSR count). The predicted octanol–water partition coefficient (Wildman–Crippen LogP) is -0.825. The van der Waals surface area contributed by atoms with Crippen LogP contribution in [0.1, 0.15) is 0 Å². The normalized spacial score (nSPS) is 23.4. The van der Waals surface area contributed by atoms with E-state index >= 15 is 0 Å². The van der Waals surface area contributed by atoms with E-state index in [1.165, 1.54) is 21.7 Å². The second-order valence-corrected chi connectivity index (χ2v) is 5.16. The smallest absolute Gasteiger partial charge is 0.251 e. The van der Waals surface area contributed by atoms with E-state index in [2.05, 4.69) is 15.9 Å². The molecule has 1 aliphatic rings. The summed E-state index contributed by atoms with van der Waals surface area (Å²) in [7, 11) is 0. The molecule has 0 aliphatic carbocycles. The Balaban J connectivity index is 2.08. The Morgan fingerprint density at radius 3 is 2.56 bits per heavy atom. The summed E-state index contributed by atoms with van der Waals surface area (Å²) in [6.07, 6.45) is -0.287. The highest BCUT2D eigenvalue weighted by Crippen LogP contribution is 2.11. The molecule has 0 spiro atoms. The standard InChI is InChI=1S/C11H13BrN2O4/c12-7-1-2-10(17)13(3-7)6-11(18)14-4-8(15)9(16)5-14/h1-3,8-9,15-16H,4-6H2/t8-,9+. The van der Waals surface area contributed by atoms with Gasteiger partial charge in [-0.05, 0) is 22.0 Å². The second kappa shape index (κ2) is 5.21. The lowest BCUT2D eigenvalue weighted by Gasteiger charge is -2.16. The van der Waals surface area contributed by atoms with Crippen molar-refractivity contribution in [1.29, 1.82) is 0 Å². The van der Waals surface area contributed by atoms with Crippen LogP contribution in [0.5, 0.6) is 0 Å². The average Bonchev–Trinajstić information content (AvgIpc) is 2.64. The Hall–Kier alpha value is -1.18. The Bertz CT molecular complexity index is 506. The van der Waals surface area contributed by atoms with E-state index in [0.29, 0.717) is 4.47 Å². The van der Waals surface area contributed by atoms with Crippen LogP contribution in [0.4, 0.5) is 0 Å². The van der Waals surface area contributed by atoms with Gasteiger partial charge in [0.05, 0.1) is 12.2 Å². The molecule has 1 fully saturated rings. The number of hydrogen-bond donors (Lipinski definition) is 2. The largest absolute Gasteiger partial charge is 0.388 e. The van der Waals surface area contributed by atoms with E-state index in [-0.39, 0.29) is 31.1 Å². The molecule has 1 aromatic heterocycles. The van der Waals surface area contributed by atoms with E-state index in [9.17, 15) is 19.8 Å². The molecule has 6 nitrogen and oxygen atoms in total. The van der Waals surface area contributed by atoms with Gasteiger partial charge in [-0.1, -0.05) is 0 Å². The summed E-state index contributed by atoms with van der Waals surface area (Å²) in [5.41, 5.74) is -0.271. The first-order valence-electron chi connectivity index (χ1n) is 5.47. The number of carbonyl (C=O) groups is 1. The average molecular weight is 317 g/mol. The molecule has 1 aliphatic heterocycles. The molecule has 0 aromatic carbocycles. The van der Waals surface area contributed by atoms with Gasteiger partial charge in [-0.25, -0.2) is 0 Å². The third-order valence-corrected chi connectivity index (χ3v) is 3.33. The SMILES string of the molecule is O=C(Cn1cc(Br)ccc1=O)N1C[C@@H](O)[C@@H](O)C1. The number of pyridine rings is 1. The van der Waals surface area contributed by atoms with E-state index < -0.39 is 12.2 Å². The number of rotatable bonds is 2.